The highest BCUT2D eigenvalue weighted by molar-refractivity contribution is 4.97. The third kappa shape index (κ3) is 1.16. The number of methoxy groups -OCH3 is 2. The summed E-state index contributed by atoms with van der Waals surface area (Å²) in [6.07, 6.45) is 3.33. The highest BCUT2D eigenvalue weighted by atomic mass is 16.7. The molecular formula is C9H17NO2. The van der Waals surface area contributed by atoms with Crippen LogP contribution in [-0.4, -0.2) is 32.6 Å². The predicted molar refractivity (Wildman–Crippen MR) is 45.9 cm³/mol. The Morgan fingerprint density at radius 1 is 1.25 bits per heavy atom. The lowest BCUT2D eigenvalue weighted by Crippen LogP contribution is -2.33. The van der Waals surface area contributed by atoms with Gasteiger partial charge >= 0.3 is 0 Å². The average molecular weight is 171 g/mol. The molecule has 1 aliphatic carbocycles. The fraction of sp³-hybridized carbons (Fsp3) is 1.00. The summed E-state index contributed by atoms with van der Waals surface area (Å²) in [6, 6.07) is 0.630. The largest absolute Gasteiger partial charge is 0.353 e. The normalized spacial score (nSPS) is 38.5. The summed E-state index contributed by atoms with van der Waals surface area (Å²) in [4.78, 5) is 0. The van der Waals surface area contributed by atoms with Gasteiger partial charge in [-0.25, -0.2) is 0 Å². The summed E-state index contributed by atoms with van der Waals surface area (Å²) in [5, 5.41) is 3.48. The van der Waals surface area contributed by atoms with Crippen molar-refractivity contribution in [2.45, 2.75) is 31.1 Å². The molecule has 1 heterocycles. The monoisotopic (exact) mass is 171 g/mol. The summed E-state index contributed by atoms with van der Waals surface area (Å²) in [6.45, 7) is 1.17. The minimum Gasteiger partial charge on any atom is -0.353 e. The average Bonchev–Trinajstić information content (AvgIpc) is 2.61. The van der Waals surface area contributed by atoms with E-state index >= 15 is 0 Å². The fourth-order valence-electron chi connectivity index (χ4n) is 2.54. The van der Waals surface area contributed by atoms with Crippen LogP contribution in [-0.2, 0) is 9.47 Å². The van der Waals surface area contributed by atoms with Gasteiger partial charge in [-0.2, -0.15) is 0 Å². The maximum absolute atomic E-state index is 5.42. The first-order chi connectivity index (χ1) is 5.79. The highest BCUT2D eigenvalue weighted by Crippen LogP contribution is 2.41. The molecule has 0 aromatic heterocycles. The van der Waals surface area contributed by atoms with Gasteiger partial charge in [0.15, 0.2) is 5.79 Å². The van der Waals surface area contributed by atoms with Gasteiger partial charge in [-0.15, -0.1) is 0 Å². The first-order valence-corrected chi connectivity index (χ1v) is 4.63. The van der Waals surface area contributed by atoms with Crippen LogP contribution < -0.4 is 5.32 Å². The first kappa shape index (κ1) is 8.48. The Bertz CT molecular complexity index is 154. The molecule has 1 saturated carbocycles. The van der Waals surface area contributed by atoms with E-state index in [9.17, 15) is 0 Å². The van der Waals surface area contributed by atoms with Gasteiger partial charge in [0.25, 0.3) is 0 Å². The molecule has 2 atom stereocenters. The van der Waals surface area contributed by atoms with E-state index in [1.54, 1.807) is 14.2 Å². The molecule has 70 valence electrons. The molecule has 0 radical (unpaired) electrons. The highest BCUT2D eigenvalue weighted by Gasteiger charge is 2.47. The summed E-state index contributed by atoms with van der Waals surface area (Å²) in [5.41, 5.74) is 0. The lowest BCUT2D eigenvalue weighted by Gasteiger charge is -2.26. The molecule has 12 heavy (non-hydrogen) atoms. The van der Waals surface area contributed by atoms with Crippen molar-refractivity contribution in [3.8, 4) is 0 Å². The predicted octanol–water partition coefficient (Wildman–Crippen LogP) is 0.747. The molecule has 0 aromatic rings. The number of nitrogens with one attached hydrogen (secondary N) is 1. The maximum atomic E-state index is 5.42. The van der Waals surface area contributed by atoms with Gasteiger partial charge in [-0.3, -0.25) is 0 Å². The second-order valence-corrected chi connectivity index (χ2v) is 3.84. The van der Waals surface area contributed by atoms with Crippen molar-refractivity contribution in [2.24, 2.45) is 5.92 Å². The Labute approximate surface area is 73.4 Å². The minimum atomic E-state index is -0.289. The number of hydrogen-bond acceptors (Lipinski definition) is 3. The van der Waals surface area contributed by atoms with Crippen LogP contribution >= 0.6 is 0 Å². The van der Waals surface area contributed by atoms with Gasteiger partial charge in [-0.1, -0.05) is 0 Å². The first-order valence-electron chi connectivity index (χ1n) is 4.63. The lowest BCUT2D eigenvalue weighted by molar-refractivity contribution is -0.203. The zero-order chi connectivity index (χ0) is 8.60. The molecule has 3 heteroatoms. The zero-order valence-corrected chi connectivity index (χ0v) is 7.80. The van der Waals surface area contributed by atoms with E-state index in [1.165, 1.54) is 13.0 Å². The fourth-order valence-corrected chi connectivity index (χ4v) is 2.54. The number of rotatable bonds is 2. The van der Waals surface area contributed by atoms with Crippen LogP contribution in [0.2, 0.25) is 0 Å². The van der Waals surface area contributed by atoms with Gasteiger partial charge in [-0.05, 0) is 18.9 Å². The van der Waals surface area contributed by atoms with Crippen molar-refractivity contribution in [1.29, 1.82) is 0 Å². The van der Waals surface area contributed by atoms with E-state index < -0.39 is 0 Å². The summed E-state index contributed by atoms with van der Waals surface area (Å²) in [5.74, 6) is 0.479. The van der Waals surface area contributed by atoms with Crippen molar-refractivity contribution < 1.29 is 9.47 Å². The van der Waals surface area contributed by atoms with E-state index in [1.807, 2.05) is 0 Å². The zero-order valence-electron chi connectivity index (χ0n) is 7.80. The molecule has 1 aliphatic heterocycles. The summed E-state index contributed by atoms with van der Waals surface area (Å²) < 4.78 is 10.8. The second-order valence-electron chi connectivity index (χ2n) is 3.84. The molecule has 2 fully saturated rings. The van der Waals surface area contributed by atoms with E-state index in [4.69, 9.17) is 9.47 Å². The van der Waals surface area contributed by atoms with Crippen LogP contribution in [0.15, 0.2) is 0 Å². The number of fused-ring (bicyclic) bond motifs is 1. The van der Waals surface area contributed by atoms with Crippen molar-refractivity contribution in [3.05, 3.63) is 0 Å². The van der Waals surface area contributed by atoms with E-state index in [2.05, 4.69) is 5.32 Å². The molecule has 1 N–H and O–H groups in total. The van der Waals surface area contributed by atoms with E-state index in [0.717, 1.165) is 18.8 Å². The van der Waals surface area contributed by atoms with Crippen molar-refractivity contribution in [3.63, 3.8) is 0 Å². The topological polar surface area (TPSA) is 30.5 Å². The molecule has 0 spiro atoms. The molecule has 2 unspecified atom stereocenters. The molecule has 0 bridgehead atoms. The molecule has 1 saturated heterocycles. The Morgan fingerprint density at radius 2 is 2.00 bits per heavy atom. The minimum absolute atomic E-state index is 0.289. The van der Waals surface area contributed by atoms with Gasteiger partial charge < -0.3 is 14.8 Å². The summed E-state index contributed by atoms with van der Waals surface area (Å²) in [7, 11) is 3.48. The van der Waals surface area contributed by atoms with Crippen LogP contribution in [0.25, 0.3) is 0 Å². The van der Waals surface area contributed by atoms with E-state index in [0.29, 0.717) is 6.04 Å². The van der Waals surface area contributed by atoms with Crippen molar-refractivity contribution in [2.75, 3.05) is 20.8 Å². The SMILES string of the molecule is COC1(OC)CC2CCNC2C1. The Kier molecular flexibility index (Phi) is 2.10. The van der Waals surface area contributed by atoms with Crippen LogP contribution in [0.3, 0.4) is 0 Å². The standard InChI is InChI=1S/C9H17NO2/c1-11-9(12-2)5-7-3-4-10-8(7)6-9/h7-8,10H,3-6H2,1-2H3. The van der Waals surface area contributed by atoms with Gasteiger partial charge in [0.05, 0.1) is 0 Å². The number of hydrogen-bond donors (Lipinski definition) is 1. The quantitative estimate of drug-likeness (QED) is 0.622. The Hall–Kier alpha value is -0.120. The smallest absolute Gasteiger partial charge is 0.169 e. The van der Waals surface area contributed by atoms with Crippen molar-refractivity contribution in [1.82, 2.24) is 5.32 Å². The molecule has 3 nitrogen and oxygen atoms in total. The summed E-state index contributed by atoms with van der Waals surface area (Å²) >= 11 is 0. The van der Waals surface area contributed by atoms with Gasteiger partial charge in [0.1, 0.15) is 0 Å². The molecule has 2 aliphatic rings. The van der Waals surface area contributed by atoms with Crippen LogP contribution in [0.5, 0.6) is 0 Å². The molecule has 0 aromatic carbocycles. The van der Waals surface area contributed by atoms with Crippen LogP contribution in [0, 0.1) is 5.92 Å². The maximum Gasteiger partial charge on any atom is 0.169 e. The van der Waals surface area contributed by atoms with Crippen LogP contribution in [0.1, 0.15) is 19.3 Å². The van der Waals surface area contributed by atoms with Crippen molar-refractivity contribution >= 4 is 0 Å². The van der Waals surface area contributed by atoms with Gasteiger partial charge in [0, 0.05) is 33.1 Å². The third-order valence-corrected chi connectivity index (χ3v) is 3.34. The third-order valence-electron chi connectivity index (χ3n) is 3.34. The number of ether oxygens (including phenoxy) is 2. The lowest BCUT2D eigenvalue weighted by atomic mass is 10.0. The molecular weight excluding hydrogens is 154 g/mol. The second kappa shape index (κ2) is 2.98. The van der Waals surface area contributed by atoms with Crippen LogP contribution in [0.4, 0.5) is 0 Å². The molecule has 2 rings (SSSR count). The van der Waals surface area contributed by atoms with E-state index in [-0.39, 0.29) is 5.79 Å². The molecule has 0 amide bonds. The Balaban J connectivity index is 2.05. The Morgan fingerprint density at radius 3 is 2.58 bits per heavy atom. The van der Waals surface area contributed by atoms with Gasteiger partial charge in [0.2, 0.25) is 0 Å².